The summed E-state index contributed by atoms with van der Waals surface area (Å²) in [4.78, 5) is 14.1. The van der Waals surface area contributed by atoms with Gasteiger partial charge < -0.3 is 15.7 Å². The van der Waals surface area contributed by atoms with Gasteiger partial charge in [0.2, 0.25) is 5.91 Å². The van der Waals surface area contributed by atoms with Gasteiger partial charge >= 0.3 is 0 Å². The van der Waals surface area contributed by atoms with Gasteiger partial charge in [0.15, 0.2) is 0 Å². The summed E-state index contributed by atoms with van der Waals surface area (Å²) >= 11 is 0. The lowest BCUT2D eigenvalue weighted by atomic mass is 9.85. The van der Waals surface area contributed by atoms with Gasteiger partial charge in [-0.2, -0.15) is 0 Å². The molecule has 2 fully saturated rings. The number of carbonyl (C=O) groups is 1. The molecule has 0 radical (unpaired) electrons. The van der Waals surface area contributed by atoms with E-state index in [2.05, 4.69) is 0 Å². The fourth-order valence-corrected chi connectivity index (χ4v) is 2.82. The van der Waals surface area contributed by atoms with Gasteiger partial charge in [0.05, 0.1) is 11.5 Å². The summed E-state index contributed by atoms with van der Waals surface area (Å²) in [6, 6.07) is 0. The summed E-state index contributed by atoms with van der Waals surface area (Å²) in [6.45, 7) is 1.65. The second-order valence-corrected chi connectivity index (χ2v) is 4.89. The third kappa shape index (κ3) is 1.88. The van der Waals surface area contributed by atoms with E-state index in [1.165, 1.54) is 0 Å². The Morgan fingerprint density at radius 2 is 2.13 bits per heavy atom. The Morgan fingerprint density at radius 3 is 2.60 bits per heavy atom. The van der Waals surface area contributed by atoms with Crippen LogP contribution in [0.3, 0.4) is 0 Å². The van der Waals surface area contributed by atoms with E-state index in [1.54, 1.807) is 4.90 Å². The number of aliphatic hydroxyl groups excluding tert-OH is 1. The summed E-state index contributed by atoms with van der Waals surface area (Å²) < 4.78 is 0. The highest BCUT2D eigenvalue weighted by Gasteiger charge is 2.43. The molecule has 4 heteroatoms. The number of nitrogens with two attached hydrogens (primary N) is 1. The Hall–Kier alpha value is -0.610. The average Bonchev–Trinajstić information content (AvgIpc) is 2.86. The van der Waals surface area contributed by atoms with E-state index in [0.717, 1.165) is 25.7 Å². The van der Waals surface area contributed by atoms with Gasteiger partial charge in [-0.25, -0.2) is 0 Å². The summed E-state index contributed by atoms with van der Waals surface area (Å²) in [5, 5.41) is 9.42. The molecule has 1 saturated carbocycles. The molecule has 1 aliphatic carbocycles. The first-order valence-electron chi connectivity index (χ1n) is 5.85. The number of β-amino-alcohol motifs (C(OH)–C–C–N with tert-alkyl or cyclic N) is 1. The topological polar surface area (TPSA) is 66.6 Å². The predicted molar refractivity (Wildman–Crippen MR) is 57.2 cm³/mol. The molecule has 1 saturated heterocycles. The Morgan fingerprint density at radius 1 is 1.47 bits per heavy atom. The van der Waals surface area contributed by atoms with Gasteiger partial charge in [0.25, 0.3) is 0 Å². The molecular formula is C11H20N2O2. The monoisotopic (exact) mass is 212 g/mol. The van der Waals surface area contributed by atoms with Crippen LogP contribution >= 0.6 is 0 Å². The first-order chi connectivity index (χ1) is 7.18. The number of aliphatic hydroxyl groups is 1. The molecule has 4 nitrogen and oxygen atoms in total. The van der Waals surface area contributed by atoms with Crippen molar-refractivity contribution in [3.63, 3.8) is 0 Å². The van der Waals surface area contributed by atoms with Crippen molar-refractivity contribution < 1.29 is 9.90 Å². The van der Waals surface area contributed by atoms with Gasteiger partial charge in [-0.15, -0.1) is 0 Å². The number of likely N-dealkylation sites (tertiary alicyclic amines) is 1. The van der Waals surface area contributed by atoms with Crippen LogP contribution in [-0.4, -0.2) is 41.7 Å². The zero-order chi connectivity index (χ0) is 10.9. The molecule has 2 aliphatic rings. The number of amides is 1. The Kier molecular flexibility index (Phi) is 2.98. The Balaban J connectivity index is 2.05. The molecule has 0 unspecified atom stereocenters. The summed E-state index contributed by atoms with van der Waals surface area (Å²) in [6.07, 6.45) is 4.46. The lowest BCUT2D eigenvalue weighted by Gasteiger charge is -2.30. The van der Waals surface area contributed by atoms with Crippen LogP contribution in [0.15, 0.2) is 0 Å². The van der Waals surface area contributed by atoms with Crippen LogP contribution in [0, 0.1) is 5.41 Å². The molecule has 86 valence electrons. The molecule has 0 spiro atoms. The van der Waals surface area contributed by atoms with E-state index in [9.17, 15) is 9.90 Å². The van der Waals surface area contributed by atoms with E-state index >= 15 is 0 Å². The number of rotatable bonds is 2. The molecule has 0 aromatic heterocycles. The first kappa shape index (κ1) is 10.9. The fourth-order valence-electron chi connectivity index (χ4n) is 2.82. The Bertz CT molecular complexity index is 249. The smallest absolute Gasteiger partial charge is 0.230 e. The fraction of sp³-hybridized carbons (Fsp3) is 0.909. The third-order valence-electron chi connectivity index (χ3n) is 3.86. The molecule has 0 aromatic carbocycles. The number of hydrogen-bond donors (Lipinski definition) is 2. The van der Waals surface area contributed by atoms with Crippen molar-refractivity contribution in [2.75, 3.05) is 19.6 Å². The first-order valence-corrected chi connectivity index (χ1v) is 5.85. The van der Waals surface area contributed by atoms with Gasteiger partial charge in [0, 0.05) is 19.6 Å². The van der Waals surface area contributed by atoms with Crippen molar-refractivity contribution >= 4 is 5.91 Å². The minimum absolute atomic E-state index is 0.180. The maximum absolute atomic E-state index is 12.3. The quantitative estimate of drug-likeness (QED) is 0.682. The van der Waals surface area contributed by atoms with E-state index in [-0.39, 0.29) is 17.4 Å². The molecule has 1 aliphatic heterocycles. The van der Waals surface area contributed by atoms with E-state index in [0.29, 0.717) is 26.1 Å². The van der Waals surface area contributed by atoms with Crippen molar-refractivity contribution in [1.29, 1.82) is 0 Å². The van der Waals surface area contributed by atoms with Crippen molar-refractivity contribution in [3.8, 4) is 0 Å². The maximum Gasteiger partial charge on any atom is 0.230 e. The SMILES string of the molecule is NCC1(C(=O)N2CC[C@@H](O)C2)CCCC1. The lowest BCUT2D eigenvalue weighted by Crippen LogP contribution is -2.46. The second-order valence-electron chi connectivity index (χ2n) is 4.89. The van der Waals surface area contributed by atoms with Gasteiger partial charge in [-0.1, -0.05) is 12.8 Å². The van der Waals surface area contributed by atoms with Crippen molar-refractivity contribution in [2.45, 2.75) is 38.2 Å². The van der Waals surface area contributed by atoms with Crippen LogP contribution in [0.2, 0.25) is 0 Å². The molecule has 2 rings (SSSR count). The van der Waals surface area contributed by atoms with Gasteiger partial charge in [0.1, 0.15) is 0 Å². The molecule has 1 atom stereocenters. The van der Waals surface area contributed by atoms with Crippen LogP contribution in [-0.2, 0) is 4.79 Å². The summed E-state index contributed by atoms with van der Waals surface area (Å²) in [7, 11) is 0. The molecule has 3 N–H and O–H groups in total. The van der Waals surface area contributed by atoms with Crippen LogP contribution in [0.4, 0.5) is 0 Å². The van der Waals surface area contributed by atoms with E-state index in [1.807, 2.05) is 0 Å². The molecule has 0 aromatic rings. The molecule has 15 heavy (non-hydrogen) atoms. The largest absolute Gasteiger partial charge is 0.391 e. The van der Waals surface area contributed by atoms with Crippen LogP contribution < -0.4 is 5.73 Å². The lowest BCUT2D eigenvalue weighted by molar-refractivity contribution is -0.140. The minimum Gasteiger partial charge on any atom is -0.391 e. The average molecular weight is 212 g/mol. The zero-order valence-corrected chi connectivity index (χ0v) is 9.11. The minimum atomic E-state index is -0.329. The van der Waals surface area contributed by atoms with Crippen LogP contribution in [0.1, 0.15) is 32.1 Å². The highest BCUT2D eigenvalue weighted by Crippen LogP contribution is 2.39. The second kappa shape index (κ2) is 4.10. The van der Waals surface area contributed by atoms with E-state index < -0.39 is 0 Å². The molecular weight excluding hydrogens is 192 g/mol. The summed E-state index contributed by atoms with van der Waals surface area (Å²) in [5.41, 5.74) is 5.46. The predicted octanol–water partition coefficient (Wildman–Crippen LogP) is 0.0987. The standard InChI is InChI=1S/C11H20N2O2/c12-8-11(4-1-2-5-11)10(15)13-6-3-9(14)7-13/h9,14H,1-8,12H2/t9-/m1/s1. The summed E-state index contributed by atoms with van der Waals surface area (Å²) in [5.74, 6) is 0.180. The zero-order valence-electron chi connectivity index (χ0n) is 9.11. The van der Waals surface area contributed by atoms with Gasteiger partial charge in [-0.05, 0) is 19.3 Å². The number of nitrogens with zero attached hydrogens (tertiary/aromatic N) is 1. The number of hydrogen-bond acceptors (Lipinski definition) is 3. The normalized spacial score (nSPS) is 29.7. The Labute approximate surface area is 90.4 Å². The molecule has 0 bridgehead atoms. The van der Waals surface area contributed by atoms with Crippen molar-refractivity contribution in [1.82, 2.24) is 4.90 Å². The highest BCUT2D eigenvalue weighted by atomic mass is 16.3. The highest BCUT2D eigenvalue weighted by molar-refractivity contribution is 5.83. The van der Waals surface area contributed by atoms with Crippen molar-refractivity contribution in [3.05, 3.63) is 0 Å². The molecule has 1 amide bonds. The number of carbonyl (C=O) groups excluding carboxylic acids is 1. The third-order valence-corrected chi connectivity index (χ3v) is 3.86. The molecule has 1 heterocycles. The van der Waals surface area contributed by atoms with E-state index in [4.69, 9.17) is 5.73 Å². The van der Waals surface area contributed by atoms with Crippen LogP contribution in [0.25, 0.3) is 0 Å². The van der Waals surface area contributed by atoms with Gasteiger partial charge in [-0.3, -0.25) is 4.79 Å². The maximum atomic E-state index is 12.3. The van der Waals surface area contributed by atoms with Crippen LogP contribution in [0.5, 0.6) is 0 Å². The van der Waals surface area contributed by atoms with Crippen molar-refractivity contribution in [2.24, 2.45) is 11.1 Å².